The second-order valence-electron chi connectivity index (χ2n) is 5.78. The van der Waals surface area contributed by atoms with Crippen molar-refractivity contribution in [3.05, 3.63) is 63.1 Å². The Labute approximate surface area is 182 Å². The standard InChI is InChI=1S/C19H16Cl3N3O2S/c1-2-15-18(26)23-19(28-15)25-24-14(10-27-11-6-4-3-5-7-11)12-8-9-13(20)17(22)16(12)21/h3-9,15H,2,10H2,1H3,(H,23,25,26)/b24-14+. The lowest BCUT2D eigenvalue weighted by atomic mass is 10.1. The van der Waals surface area contributed by atoms with Gasteiger partial charge in [0.15, 0.2) is 5.17 Å². The average molecular weight is 457 g/mol. The molecule has 1 aliphatic rings. The Hall–Kier alpha value is -1.73. The average Bonchev–Trinajstić information content (AvgIpc) is 3.07. The summed E-state index contributed by atoms with van der Waals surface area (Å²) in [6.45, 7) is 2.05. The van der Waals surface area contributed by atoms with Crippen LogP contribution < -0.4 is 10.1 Å². The molecule has 1 heterocycles. The lowest BCUT2D eigenvalue weighted by Crippen LogP contribution is -2.24. The van der Waals surface area contributed by atoms with Crippen molar-refractivity contribution >= 4 is 63.4 Å². The highest BCUT2D eigenvalue weighted by molar-refractivity contribution is 8.15. The summed E-state index contributed by atoms with van der Waals surface area (Å²) in [5.74, 6) is 0.602. The van der Waals surface area contributed by atoms with Gasteiger partial charge in [-0.2, -0.15) is 0 Å². The molecule has 1 unspecified atom stereocenters. The predicted molar refractivity (Wildman–Crippen MR) is 117 cm³/mol. The number of nitrogens with zero attached hydrogens (tertiary/aromatic N) is 2. The molecule has 3 rings (SSSR count). The second kappa shape index (κ2) is 9.65. The third kappa shape index (κ3) is 5.00. The maximum absolute atomic E-state index is 11.8. The summed E-state index contributed by atoms with van der Waals surface area (Å²) in [6.07, 6.45) is 0.710. The summed E-state index contributed by atoms with van der Waals surface area (Å²) in [5, 5.41) is 12.3. The first-order valence-corrected chi connectivity index (χ1v) is 10.4. The first-order valence-electron chi connectivity index (χ1n) is 8.43. The van der Waals surface area contributed by atoms with Gasteiger partial charge in [0, 0.05) is 5.56 Å². The summed E-state index contributed by atoms with van der Waals surface area (Å²) in [6, 6.07) is 12.6. The fraction of sp³-hybridized carbons (Fsp3) is 0.211. The number of rotatable bonds is 6. The Morgan fingerprint density at radius 2 is 1.89 bits per heavy atom. The summed E-state index contributed by atoms with van der Waals surface area (Å²) in [4.78, 5) is 11.8. The Kier molecular flexibility index (Phi) is 7.24. The van der Waals surface area contributed by atoms with Crippen LogP contribution in [-0.4, -0.2) is 28.6 Å². The van der Waals surface area contributed by atoms with Crippen molar-refractivity contribution in [1.82, 2.24) is 5.32 Å². The number of benzene rings is 2. The molecule has 1 fully saturated rings. The molecule has 2 aromatic rings. The van der Waals surface area contributed by atoms with Gasteiger partial charge in [-0.25, -0.2) is 0 Å². The fourth-order valence-electron chi connectivity index (χ4n) is 2.40. The van der Waals surface area contributed by atoms with E-state index in [1.54, 1.807) is 12.1 Å². The normalized spacial score (nSPS) is 18.4. The number of para-hydroxylation sites is 1. The van der Waals surface area contributed by atoms with Crippen LogP contribution in [0.1, 0.15) is 18.9 Å². The molecule has 1 amide bonds. The van der Waals surface area contributed by atoms with Gasteiger partial charge in [-0.1, -0.05) is 71.7 Å². The van der Waals surface area contributed by atoms with Crippen molar-refractivity contribution in [1.29, 1.82) is 0 Å². The summed E-state index contributed by atoms with van der Waals surface area (Å²) in [5.41, 5.74) is 1.01. The lowest BCUT2D eigenvalue weighted by Gasteiger charge is -2.11. The van der Waals surface area contributed by atoms with E-state index in [1.807, 2.05) is 37.3 Å². The number of amides is 1. The smallest absolute Gasteiger partial charge is 0.239 e. The molecular formula is C19H16Cl3N3O2S. The lowest BCUT2D eigenvalue weighted by molar-refractivity contribution is -0.118. The molecule has 1 atom stereocenters. The zero-order valence-electron chi connectivity index (χ0n) is 14.8. The fourth-order valence-corrected chi connectivity index (χ4v) is 3.90. The molecule has 5 nitrogen and oxygen atoms in total. The van der Waals surface area contributed by atoms with Crippen molar-refractivity contribution in [3.8, 4) is 5.75 Å². The maximum Gasteiger partial charge on any atom is 0.239 e. The van der Waals surface area contributed by atoms with E-state index in [0.29, 0.717) is 33.6 Å². The number of carbonyl (C=O) groups is 1. The van der Waals surface area contributed by atoms with E-state index >= 15 is 0 Å². The van der Waals surface area contributed by atoms with Crippen LogP contribution in [-0.2, 0) is 4.79 Å². The highest BCUT2D eigenvalue weighted by atomic mass is 35.5. The molecule has 146 valence electrons. The Bertz CT molecular complexity index is 936. The minimum atomic E-state index is -0.161. The molecule has 0 saturated carbocycles. The summed E-state index contributed by atoms with van der Waals surface area (Å²) >= 11 is 19.9. The van der Waals surface area contributed by atoms with Gasteiger partial charge < -0.3 is 10.1 Å². The molecule has 0 spiro atoms. The molecule has 1 aliphatic heterocycles. The van der Waals surface area contributed by atoms with E-state index in [2.05, 4.69) is 15.5 Å². The van der Waals surface area contributed by atoms with Crippen LogP contribution in [0.2, 0.25) is 15.1 Å². The van der Waals surface area contributed by atoms with Crippen molar-refractivity contribution < 1.29 is 9.53 Å². The zero-order valence-corrected chi connectivity index (χ0v) is 17.9. The second-order valence-corrected chi connectivity index (χ2v) is 8.14. The van der Waals surface area contributed by atoms with E-state index in [1.165, 1.54) is 11.8 Å². The number of hydrogen-bond acceptors (Lipinski definition) is 5. The van der Waals surface area contributed by atoms with Crippen molar-refractivity contribution in [2.24, 2.45) is 10.2 Å². The first kappa shape index (κ1) is 21.0. The Balaban J connectivity index is 1.90. The molecular weight excluding hydrogens is 441 g/mol. The SMILES string of the molecule is CCC1S/C(=N\N=C(/COc2ccccc2)c2ccc(Cl)c(Cl)c2Cl)NC1=O. The van der Waals surface area contributed by atoms with E-state index in [9.17, 15) is 4.79 Å². The number of ether oxygens (including phenoxy) is 1. The van der Waals surface area contributed by atoms with E-state index in [-0.39, 0.29) is 27.8 Å². The number of thioether (sulfide) groups is 1. The molecule has 0 radical (unpaired) electrons. The number of nitrogens with one attached hydrogen (secondary N) is 1. The Morgan fingerprint density at radius 1 is 1.14 bits per heavy atom. The topological polar surface area (TPSA) is 63.1 Å². The third-order valence-corrected chi connectivity index (χ3v) is 6.41. The van der Waals surface area contributed by atoms with Gasteiger partial charge >= 0.3 is 0 Å². The predicted octanol–water partition coefficient (Wildman–Crippen LogP) is 5.43. The quantitative estimate of drug-likeness (QED) is 0.358. The highest BCUT2D eigenvalue weighted by Gasteiger charge is 2.28. The minimum Gasteiger partial charge on any atom is -0.487 e. The zero-order chi connectivity index (χ0) is 20.1. The van der Waals surface area contributed by atoms with E-state index < -0.39 is 0 Å². The largest absolute Gasteiger partial charge is 0.487 e. The molecule has 1 saturated heterocycles. The van der Waals surface area contributed by atoms with Crippen LogP contribution in [0.15, 0.2) is 52.7 Å². The molecule has 0 aliphatic carbocycles. The summed E-state index contributed by atoms with van der Waals surface area (Å²) in [7, 11) is 0. The molecule has 2 aromatic carbocycles. The van der Waals surface area contributed by atoms with Crippen LogP contribution in [0.5, 0.6) is 5.75 Å². The van der Waals surface area contributed by atoms with Crippen molar-refractivity contribution in [3.63, 3.8) is 0 Å². The van der Waals surface area contributed by atoms with Gasteiger partial charge in [0.05, 0.1) is 20.3 Å². The molecule has 28 heavy (non-hydrogen) atoms. The number of hydrogen-bond donors (Lipinski definition) is 1. The van der Waals surface area contributed by atoms with Gasteiger partial charge in [-0.15, -0.1) is 10.2 Å². The van der Waals surface area contributed by atoms with E-state index in [0.717, 1.165) is 0 Å². The Morgan fingerprint density at radius 3 is 2.57 bits per heavy atom. The maximum atomic E-state index is 11.8. The van der Waals surface area contributed by atoms with Crippen LogP contribution >= 0.6 is 46.6 Å². The van der Waals surface area contributed by atoms with Gasteiger partial charge in [-0.05, 0) is 30.7 Å². The van der Waals surface area contributed by atoms with Gasteiger partial charge in [-0.3, -0.25) is 4.79 Å². The van der Waals surface area contributed by atoms with Crippen LogP contribution in [0.25, 0.3) is 0 Å². The first-order chi connectivity index (χ1) is 13.5. The van der Waals surface area contributed by atoms with Crippen LogP contribution in [0, 0.1) is 0 Å². The van der Waals surface area contributed by atoms with E-state index in [4.69, 9.17) is 39.5 Å². The third-order valence-electron chi connectivity index (χ3n) is 3.87. The molecule has 0 aromatic heterocycles. The summed E-state index contributed by atoms with van der Waals surface area (Å²) < 4.78 is 5.80. The molecule has 9 heteroatoms. The molecule has 1 N–H and O–H groups in total. The van der Waals surface area contributed by atoms with Crippen molar-refractivity contribution in [2.45, 2.75) is 18.6 Å². The molecule has 0 bridgehead atoms. The number of amidine groups is 1. The van der Waals surface area contributed by atoms with Gasteiger partial charge in [0.25, 0.3) is 0 Å². The highest BCUT2D eigenvalue weighted by Crippen LogP contribution is 2.33. The monoisotopic (exact) mass is 455 g/mol. The number of carbonyl (C=O) groups excluding carboxylic acids is 1. The van der Waals surface area contributed by atoms with Gasteiger partial charge in [0.1, 0.15) is 18.1 Å². The van der Waals surface area contributed by atoms with Crippen molar-refractivity contribution in [2.75, 3.05) is 6.61 Å². The number of halogens is 3. The minimum absolute atomic E-state index is 0.0731. The van der Waals surface area contributed by atoms with Crippen LogP contribution in [0.3, 0.4) is 0 Å². The van der Waals surface area contributed by atoms with Gasteiger partial charge in [0.2, 0.25) is 5.91 Å². The van der Waals surface area contributed by atoms with Crippen LogP contribution in [0.4, 0.5) is 0 Å².